The average Bonchev–Trinajstić information content (AvgIpc) is 2.34. The van der Waals surface area contributed by atoms with E-state index in [2.05, 4.69) is 25.4 Å². The molecular weight excluding hydrogens is 194 g/mol. The van der Waals surface area contributed by atoms with Crippen molar-refractivity contribution in [2.45, 2.75) is 64.3 Å². The summed E-state index contributed by atoms with van der Waals surface area (Å²) in [5.41, 5.74) is 1.72. The van der Waals surface area contributed by atoms with E-state index in [-0.39, 0.29) is 0 Å². The van der Waals surface area contributed by atoms with Gasteiger partial charge in [0.15, 0.2) is 0 Å². The summed E-state index contributed by atoms with van der Waals surface area (Å²) in [4.78, 5) is 0. The zero-order valence-corrected chi connectivity index (χ0v) is 11.0. The monoisotopic (exact) mass is 221 g/mol. The Bertz CT molecular complexity index is 236. The van der Waals surface area contributed by atoms with Gasteiger partial charge in [0, 0.05) is 6.04 Å². The van der Waals surface area contributed by atoms with Crippen molar-refractivity contribution in [2.24, 2.45) is 11.8 Å². The van der Waals surface area contributed by atoms with Crippen LogP contribution in [0.3, 0.4) is 0 Å². The molecule has 1 saturated carbocycles. The molecule has 2 rings (SSSR count). The van der Waals surface area contributed by atoms with Crippen LogP contribution in [0.5, 0.6) is 0 Å². The molecule has 1 fully saturated rings. The number of hydrogen-bond donors (Lipinski definition) is 1. The van der Waals surface area contributed by atoms with E-state index in [0.29, 0.717) is 6.04 Å². The van der Waals surface area contributed by atoms with Gasteiger partial charge in [-0.2, -0.15) is 0 Å². The highest BCUT2D eigenvalue weighted by Crippen LogP contribution is 2.34. The lowest BCUT2D eigenvalue weighted by Gasteiger charge is -2.35. The van der Waals surface area contributed by atoms with Gasteiger partial charge in [-0.1, -0.05) is 31.4 Å². The molecule has 1 N–H and O–H groups in total. The SMILES string of the molecule is CNC(C1=CCCCC1)C1CCC(C)CC1. The van der Waals surface area contributed by atoms with Gasteiger partial charge in [-0.15, -0.1) is 0 Å². The maximum Gasteiger partial charge on any atom is 0.0305 e. The Balaban J connectivity index is 1.96. The van der Waals surface area contributed by atoms with Crippen LogP contribution in [0.25, 0.3) is 0 Å². The first-order valence-electron chi connectivity index (χ1n) is 7.17. The largest absolute Gasteiger partial charge is 0.313 e. The first-order chi connectivity index (χ1) is 7.81. The molecule has 0 aromatic heterocycles. The quantitative estimate of drug-likeness (QED) is 0.713. The standard InChI is InChI=1S/C15H27N/c1-12-8-10-14(11-9-12)15(16-2)13-6-4-3-5-7-13/h6,12,14-16H,3-5,7-11H2,1-2H3. The van der Waals surface area contributed by atoms with E-state index in [1.54, 1.807) is 5.57 Å². The molecule has 0 bridgehead atoms. The molecule has 0 amide bonds. The lowest BCUT2D eigenvalue weighted by atomic mass is 9.75. The van der Waals surface area contributed by atoms with Crippen molar-refractivity contribution in [1.82, 2.24) is 5.32 Å². The van der Waals surface area contributed by atoms with Crippen molar-refractivity contribution >= 4 is 0 Å². The minimum atomic E-state index is 0.688. The summed E-state index contributed by atoms with van der Waals surface area (Å²) in [7, 11) is 2.15. The molecule has 0 aliphatic heterocycles. The van der Waals surface area contributed by atoms with Gasteiger partial charge in [-0.05, 0) is 57.4 Å². The van der Waals surface area contributed by atoms with Crippen LogP contribution in [0.4, 0.5) is 0 Å². The first-order valence-corrected chi connectivity index (χ1v) is 7.17. The van der Waals surface area contributed by atoms with Crippen LogP contribution in [0, 0.1) is 11.8 Å². The fourth-order valence-corrected chi connectivity index (χ4v) is 3.49. The van der Waals surface area contributed by atoms with Gasteiger partial charge in [0.1, 0.15) is 0 Å². The van der Waals surface area contributed by atoms with Crippen LogP contribution < -0.4 is 5.32 Å². The van der Waals surface area contributed by atoms with Gasteiger partial charge in [-0.3, -0.25) is 0 Å². The van der Waals surface area contributed by atoms with E-state index in [1.807, 2.05) is 0 Å². The Morgan fingerprint density at radius 1 is 1.19 bits per heavy atom. The van der Waals surface area contributed by atoms with Crippen LogP contribution in [-0.4, -0.2) is 13.1 Å². The molecular formula is C15H27N. The predicted octanol–water partition coefficient (Wildman–Crippen LogP) is 3.90. The molecule has 16 heavy (non-hydrogen) atoms. The summed E-state index contributed by atoms with van der Waals surface area (Å²) in [6.07, 6.45) is 13.7. The lowest BCUT2D eigenvalue weighted by molar-refractivity contribution is 0.249. The number of rotatable bonds is 3. The lowest BCUT2D eigenvalue weighted by Crippen LogP contribution is -2.37. The van der Waals surface area contributed by atoms with Gasteiger partial charge < -0.3 is 5.32 Å². The molecule has 0 spiro atoms. The molecule has 1 atom stereocenters. The van der Waals surface area contributed by atoms with E-state index in [0.717, 1.165) is 11.8 Å². The van der Waals surface area contributed by atoms with Crippen molar-refractivity contribution < 1.29 is 0 Å². The van der Waals surface area contributed by atoms with E-state index < -0.39 is 0 Å². The second-order valence-corrected chi connectivity index (χ2v) is 5.81. The summed E-state index contributed by atoms with van der Waals surface area (Å²) in [6.45, 7) is 2.41. The number of hydrogen-bond acceptors (Lipinski definition) is 1. The van der Waals surface area contributed by atoms with E-state index in [4.69, 9.17) is 0 Å². The van der Waals surface area contributed by atoms with Crippen molar-refractivity contribution in [3.63, 3.8) is 0 Å². The molecule has 1 nitrogen and oxygen atoms in total. The minimum Gasteiger partial charge on any atom is -0.313 e. The van der Waals surface area contributed by atoms with E-state index in [9.17, 15) is 0 Å². The third-order valence-electron chi connectivity index (χ3n) is 4.57. The summed E-state index contributed by atoms with van der Waals surface area (Å²) >= 11 is 0. The topological polar surface area (TPSA) is 12.0 Å². The summed E-state index contributed by atoms with van der Waals surface area (Å²) < 4.78 is 0. The Morgan fingerprint density at radius 3 is 2.50 bits per heavy atom. The summed E-state index contributed by atoms with van der Waals surface area (Å²) in [5, 5.41) is 3.59. The Hall–Kier alpha value is -0.300. The van der Waals surface area contributed by atoms with Gasteiger partial charge in [0.25, 0.3) is 0 Å². The van der Waals surface area contributed by atoms with Crippen molar-refractivity contribution in [1.29, 1.82) is 0 Å². The molecule has 0 aromatic rings. The Morgan fingerprint density at radius 2 is 1.94 bits per heavy atom. The Labute approximate surface area is 101 Å². The minimum absolute atomic E-state index is 0.688. The van der Waals surface area contributed by atoms with Crippen LogP contribution in [0.1, 0.15) is 58.3 Å². The van der Waals surface area contributed by atoms with Crippen LogP contribution in [-0.2, 0) is 0 Å². The molecule has 0 radical (unpaired) electrons. The highest BCUT2D eigenvalue weighted by Gasteiger charge is 2.27. The van der Waals surface area contributed by atoms with Crippen LogP contribution in [0.2, 0.25) is 0 Å². The van der Waals surface area contributed by atoms with Crippen molar-refractivity contribution in [3.8, 4) is 0 Å². The molecule has 92 valence electrons. The maximum atomic E-state index is 3.59. The van der Waals surface area contributed by atoms with Crippen LogP contribution in [0.15, 0.2) is 11.6 Å². The van der Waals surface area contributed by atoms with E-state index >= 15 is 0 Å². The summed E-state index contributed by atoms with van der Waals surface area (Å²) in [6, 6.07) is 0.688. The van der Waals surface area contributed by atoms with Gasteiger partial charge in [0.2, 0.25) is 0 Å². The molecule has 1 heteroatoms. The molecule has 2 aliphatic carbocycles. The average molecular weight is 221 g/mol. The molecule has 0 aromatic carbocycles. The van der Waals surface area contributed by atoms with Crippen molar-refractivity contribution in [2.75, 3.05) is 7.05 Å². The second-order valence-electron chi connectivity index (χ2n) is 5.81. The van der Waals surface area contributed by atoms with Gasteiger partial charge in [-0.25, -0.2) is 0 Å². The van der Waals surface area contributed by atoms with Crippen LogP contribution >= 0.6 is 0 Å². The van der Waals surface area contributed by atoms with E-state index in [1.165, 1.54) is 51.4 Å². The van der Waals surface area contributed by atoms with Gasteiger partial charge in [0.05, 0.1) is 0 Å². The molecule has 2 aliphatic rings. The zero-order chi connectivity index (χ0) is 11.4. The highest BCUT2D eigenvalue weighted by atomic mass is 14.9. The molecule has 0 heterocycles. The highest BCUT2D eigenvalue weighted by molar-refractivity contribution is 5.15. The normalized spacial score (nSPS) is 33.2. The van der Waals surface area contributed by atoms with Crippen molar-refractivity contribution in [3.05, 3.63) is 11.6 Å². The fraction of sp³-hybridized carbons (Fsp3) is 0.867. The third-order valence-corrected chi connectivity index (χ3v) is 4.57. The first kappa shape index (κ1) is 12.2. The fourth-order valence-electron chi connectivity index (χ4n) is 3.49. The Kier molecular flexibility index (Phi) is 4.45. The number of allylic oxidation sites excluding steroid dienone is 1. The second kappa shape index (κ2) is 5.86. The third kappa shape index (κ3) is 2.88. The zero-order valence-electron chi connectivity index (χ0n) is 11.0. The number of likely N-dealkylation sites (N-methyl/N-ethyl adjacent to an activating group) is 1. The molecule has 0 saturated heterocycles. The predicted molar refractivity (Wildman–Crippen MR) is 70.5 cm³/mol. The maximum absolute atomic E-state index is 3.59. The molecule has 1 unspecified atom stereocenters. The van der Waals surface area contributed by atoms with Gasteiger partial charge >= 0.3 is 0 Å². The summed E-state index contributed by atoms with van der Waals surface area (Å²) in [5.74, 6) is 1.87. The number of nitrogens with one attached hydrogen (secondary N) is 1. The smallest absolute Gasteiger partial charge is 0.0305 e.